The van der Waals surface area contributed by atoms with Crippen molar-refractivity contribution in [2.45, 2.75) is 13.0 Å². The smallest absolute Gasteiger partial charge is 0.387 e. The molecule has 21 heavy (non-hydrogen) atoms. The van der Waals surface area contributed by atoms with Gasteiger partial charge in [-0.1, -0.05) is 0 Å². The highest BCUT2D eigenvalue weighted by Crippen LogP contribution is 2.27. The first kappa shape index (κ1) is 15.6. The van der Waals surface area contributed by atoms with Gasteiger partial charge in [0.1, 0.15) is 5.75 Å². The molecule has 1 aliphatic heterocycles. The molecule has 1 atom stereocenters. The lowest BCUT2D eigenvalue weighted by molar-refractivity contribution is -0.117. The van der Waals surface area contributed by atoms with Crippen molar-refractivity contribution >= 4 is 21.6 Å². The number of amides is 1. The van der Waals surface area contributed by atoms with Crippen LogP contribution in [0.4, 0.5) is 14.5 Å². The first-order valence-corrected chi connectivity index (χ1v) is 7.82. The summed E-state index contributed by atoms with van der Waals surface area (Å²) < 4.78 is 50.4. The van der Waals surface area contributed by atoms with E-state index in [-0.39, 0.29) is 36.3 Å². The lowest BCUT2D eigenvalue weighted by Crippen LogP contribution is -2.27. The molecule has 116 valence electrons. The molecule has 0 saturated carbocycles. The van der Waals surface area contributed by atoms with Crippen LogP contribution in [0.3, 0.4) is 0 Å². The van der Waals surface area contributed by atoms with Gasteiger partial charge in [-0.2, -0.15) is 8.78 Å². The molecule has 0 aliphatic carbocycles. The van der Waals surface area contributed by atoms with Crippen molar-refractivity contribution in [1.82, 2.24) is 0 Å². The van der Waals surface area contributed by atoms with Crippen LogP contribution in [-0.4, -0.2) is 33.2 Å². The topological polar surface area (TPSA) is 89.7 Å². The molecule has 2 rings (SSSR count). The molecule has 1 aromatic rings. The Morgan fingerprint density at radius 1 is 1.33 bits per heavy atom. The van der Waals surface area contributed by atoms with Gasteiger partial charge in [0.25, 0.3) is 0 Å². The van der Waals surface area contributed by atoms with E-state index in [1.807, 2.05) is 0 Å². The number of ether oxygens (including phenoxy) is 1. The highest BCUT2D eigenvalue weighted by Gasteiger charge is 2.32. The van der Waals surface area contributed by atoms with Gasteiger partial charge in [-0.25, -0.2) is 13.6 Å². The zero-order valence-corrected chi connectivity index (χ0v) is 11.7. The van der Waals surface area contributed by atoms with Gasteiger partial charge in [0.05, 0.1) is 5.75 Å². The van der Waals surface area contributed by atoms with Crippen molar-refractivity contribution in [2.24, 2.45) is 11.1 Å². The SMILES string of the molecule is NS(=O)(=O)CC1CC(=O)N(c2ccc(OC(F)F)cc2)C1. The molecule has 1 aromatic carbocycles. The molecular formula is C12H14F2N2O4S. The first-order valence-electron chi connectivity index (χ1n) is 6.10. The summed E-state index contributed by atoms with van der Waals surface area (Å²) in [5.41, 5.74) is 0.499. The Morgan fingerprint density at radius 3 is 2.48 bits per heavy atom. The summed E-state index contributed by atoms with van der Waals surface area (Å²) in [6, 6.07) is 5.58. The monoisotopic (exact) mass is 320 g/mol. The van der Waals surface area contributed by atoms with Crippen molar-refractivity contribution in [3.05, 3.63) is 24.3 Å². The van der Waals surface area contributed by atoms with Gasteiger partial charge >= 0.3 is 6.61 Å². The van der Waals surface area contributed by atoms with Crippen molar-refractivity contribution in [2.75, 3.05) is 17.2 Å². The predicted molar refractivity (Wildman–Crippen MR) is 71.5 cm³/mol. The third-order valence-electron chi connectivity index (χ3n) is 3.05. The maximum atomic E-state index is 12.0. The van der Waals surface area contributed by atoms with E-state index in [9.17, 15) is 22.0 Å². The summed E-state index contributed by atoms with van der Waals surface area (Å²) in [5.74, 6) is -0.876. The first-order chi connectivity index (χ1) is 9.74. The minimum Gasteiger partial charge on any atom is -0.435 e. The Hall–Kier alpha value is -1.74. The number of alkyl halides is 2. The van der Waals surface area contributed by atoms with E-state index in [1.54, 1.807) is 0 Å². The van der Waals surface area contributed by atoms with Gasteiger partial charge < -0.3 is 9.64 Å². The lowest BCUT2D eigenvalue weighted by Gasteiger charge is -2.17. The average molecular weight is 320 g/mol. The van der Waals surface area contributed by atoms with Gasteiger partial charge in [0.2, 0.25) is 15.9 Å². The van der Waals surface area contributed by atoms with Crippen molar-refractivity contribution in [3.63, 3.8) is 0 Å². The second-order valence-corrected chi connectivity index (χ2v) is 6.44. The summed E-state index contributed by atoms with van der Waals surface area (Å²) in [4.78, 5) is 13.3. The maximum Gasteiger partial charge on any atom is 0.387 e. The Balaban J connectivity index is 2.06. The van der Waals surface area contributed by atoms with Crippen LogP contribution in [0, 0.1) is 5.92 Å². The van der Waals surface area contributed by atoms with Crippen LogP contribution in [0.2, 0.25) is 0 Å². The van der Waals surface area contributed by atoms with Crippen LogP contribution in [0.15, 0.2) is 24.3 Å². The summed E-state index contributed by atoms with van der Waals surface area (Å²) >= 11 is 0. The second-order valence-electron chi connectivity index (χ2n) is 4.78. The molecule has 1 saturated heterocycles. The predicted octanol–water partition coefficient (Wildman–Crippen LogP) is 0.929. The number of halogens is 2. The molecule has 1 aliphatic rings. The second kappa shape index (κ2) is 5.94. The number of sulfonamides is 1. The Morgan fingerprint density at radius 2 is 1.95 bits per heavy atom. The number of nitrogens with two attached hydrogens (primary N) is 1. The zero-order chi connectivity index (χ0) is 15.6. The molecule has 1 unspecified atom stereocenters. The van der Waals surface area contributed by atoms with Crippen molar-refractivity contribution in [3.8, 4) is 5.75 Å². The van der Waals surface area contributed by atoms with Gasteiger partial charge in [0, 0.05) is 24.6 Å². The number of carbonyl (C=O) groups is 1. The van der Waals surface area contributed by atoms with Crippen LogP contribution in [-0.2, 0) is 14.8 Å². The number of hydrogen-bond donors (Lipinski definition) is 1. The van der Waals surface area contributed by atoms with Crippen molar-refractivity contribution in [1.29, 1.82) is 0 Å². The number of primary sulfonamides is 1. The molecule has 1 heterocycles. The standard InChI is InChI=1S/C12H14F2N2O4S/c13-12(14)20-10-3-1-9(2-4-10)16-6-8(5-11(16)17)7-21(15,18)19/h1-4,8,12H,5-7H2,(H2,15,18,19). The third kappa shape index (κ3) is 4.36. The Kier molecular flexibility index (Phi) is 4.43. The van der Waals surface area contributed by atoms with Gasteiger partial charge in [-0.05, 0) is 24.3 Å². The summed E-state index contributed by atoms with van der Waals surface area (Å²) in [6.45, 7) is -2.69. The lowest BCUT2D eigenvalue weighted by atomic mass is 10.1. The van der Waals surface area contributed by atoms with Crippen molar-refractivity contribution < 1.29 is 26.7 Å². The van der Waals surface area contributed by atoms with E-state index in [0.717, 1.165) is 0 Å². The summed E-state index contributed by atoms with van der Waals surface area (Å²) in [7, 11) is -3.64. The molecular weight excluding hydrogens is 306 g/mol. The van der Waals surface area contributed by atoms with E-state index in [1.165, 1.54) is 29.2 Å². The van der Waals surface area contributed by atoms with E-state index in [2.05, 4.69) is 4.74 Å². The fraction of sp³-hybridized carbons (Fsp3) is 0.417. The normalized spacial score (nSPS) is 19.3. The number of anilines is 1. The van der Waals surface area contributed by atoms with E-state index in [4.69, 9.17) is 5.14 Å². The van der Waals surface area contributed by atoms with E-state index in [0.29, 0.717) is 5.69 Å². The number of nitrogens with zero attached hydrogens (tertiary/aromatic N) is 1. The van der Waals surface area contributed by atoms with Gasteiger partial charge in [-0.15, -0.1) is 0 Å². The summed E-state index contributed by atoms with van der Waals surface area (Å²) in [6.07, 6.45) is 0.0890. The fourth-order valence-corrected chi connectivity index (χ4v) is 3.16. The molecule has 2 N–H and O–H groups in total. The number of rotatable bonds is 5. The van der Waals surface area contributed by atoms with Crippen LogP contribution in [0.25, 0.3) is 0 Å². The molecule has 0 spiro atoms. The summed E-state index contributed by atoms with van der Waals surface area (Å²) in [5, 5.41) is 4.97. The Bertz CT molecular complexity index is 619. The fourth-order valence-electron chi connectivity index (χ4n) is 2.28. The number of benzene rings is 1. The minimum absolute atomic E-state index is 0.0125. The van der Waals surface area contributed by atoms with Gasteiger partial charge in [-0.3, -0.25) is 4.79 Å². The maximum absolute atomic E-state index is 12.0. The number of carbonyl (C=O) groups excluding carboxylic acids is 1. The molecule has 6 nitrogen and oxygen atoms in total. The highest BCUT2D eigenvalue weighted by molar-refractivity contribution is 7.89. The quantitative estimate of drug-likeness (QED) is 0.874. The Labute approximate surface area is 120 Å². The minimum atomic E-state index is -3.64. The number of hydrogen-bond acceptors (Lipinski definition) is 4. The molecule has 0 radical (unpaired) electrons. The van der Waals surface area contributed by atoms with Gasteiger partial charge in [0.15, 0.2) is 0 Å². The largest absolute Gasteiger partial charge is 0.435 e. The third-order valence-corrected chi connectivity index (χ3v) is 3.98. The molecule has 9 heteroatoms. The van der Waals surface area contributed by atoms with E-state index >= 15 is 0 Å². The van der Waals surface area contributed by atoms with Crippen LogP contribution in [0.5, 0.6) is 5.75 Å². The average Bonchev–Trinajstić information content (AvgIpc) is 2.68. The molecule has 0 bridgehead atoms. The molecule has 0 aromatic heterocycles. The zero-order valence-electron chi connectivity index (χ0n) is 10.9. The molecule has 1 fully saturated rings. The van der Waals surface area contributed by atoms with Crippen LogP contribution < -0.4 is 14.8 Å². The highest BCUT2D eigenvalue weighted by atomic mass is 32.2. The molecule has 1 amide bonds. The van der Waals surface area contributed by atoms with Crippen LogP contribution >= 0.6 is 0 Å². The van der Waals surface area contributed by atoms with Crippen LogP contribution in [0.1, 0.15) is 6.42 Å². The van der Waals surface area contributed by atoms with E-state index < -0.39 is 16.6 Å².